The summed E-state index contributed by atoms with van der Waals surface area (Å²) in [5.41, 5.74) is 2.39. The molecular formula is C23H29N3O4S2. The molecule has 2 heterocycles. The summed E-state index contributed by atoms with van der Waals surface area (Å²) in [5.74, 6) is 0.477. The van der Waals surface area contributed by atoms with E-state index >= 15 is 0 Å². The number of ether oxygens (including phenoxy) is 1. The lowest BCUT2D eigenvalue weighted by molar-refractivity contribution is 0.139. The van der Waals surface area contributed by atoms with Gasteiger partial charge in [-0.05, 0) is 41.5 Å². The van der Waals surface area contributed by atoms with Gasteiger partial charge < -0.3 is 9.30 Å². The van der Waals surface area contributed by atoms with Crippen LogP contribution in [0.3, 0.4) is 0 Å². The average Bonchev–Trinajstić information content (AvgIpc) is 3.36. The van der Waals surface area contributed by atoms with Gasteiger partial charge in [-0.1, -0.05) is 45.9 Å². The predicted molar refractivity (Wildman–Crippen MR) is 126 cm³/mol. The van der Waals surface area contributed by atoms with Crippen molar-refractivity contribution in [1.29, 1.82) is 0 Å². The standard InChI is InChI=1S/C23H29N3O4S2/c1-16(2)10-20-12-21(19-7-5-6-18(11-19)13-26-9-8-24-15-26)22(31-20)32(28,29)25-23(27)30-14-17(3)4/h5-9,11-12,15-17H,10,13-14H2,1-4H3,(H,25,27). The molecule has 1 amide bonds. The second kappa shape index (κ2) is 10.3. The molecule has 0 unspecified atom stereocenters. The lowest BCUT2D eigenvalue weighted by atomic mass is 10.0. The van der Waals surface area contributed by atoms with Crippen LogP contribution in [-0.2, 0) is 27.7 Å². The topological polar surface area (TPSA) is 90.3 Å². The molecule has 0 aliphatic rings. The highest BCUT2D eigenvalue weighted by Gasteiger charge is 2.26. The number of carbonyl (C=O) groups excluding carboxylic acids is 1. The number of hydrogen-bond acceptors (Lipinski definition) is 6. The maximum Gasteiger partial charge on any atom is 0.421 e. The van der Waals surface area contributed by atoms with Gasteiger partial charge in [0.05, 0.1) is 12.9 Å². The van der Waals surface area contributed by atoms with Gasteiger partial charge in [0.25, 0.3) is 10.0 Å². The van der Waals surface area contributed by atoms with Crippen LogP contribution in [-0.4, -0.2) is 30.7 Å². The molecular weight excluding hydrogens is 446 g/mol. The SMILES string of the molecule is CC(C)COC(=O)NS(=O)(=O)c1sc(CC(C)C)cc1-c1cccc(Cn2ccnc2)c1. The van der Waals surface area contributed by atoms with E-state index in [-0.39, 0.29) is 16.7 Å². The molecule has 1 aromatic carbocycles. The number of hydrogen-bond donors (Lipinski definition) is 1. The minimum Gasteiger partial charge on any atom is -0.449 e. The van der Waals surface area contributed by atoms with Crippen molar-refractivity contribution in [2.45, 2.75) is 44.9 Å². The first-order valence-corrected chi connectivity index (χ1v) is 12.8. The van der Waals surface area contributed by atoms with Gasteiger partial charge in [0.1, 0.15) is 4.21 Å². The molecule has 0 spiro atoms. The summed E-state index contributed by atoms with van der Waals surface area (Å²) in [6.07, 6.45) is 5.12. The van der Waals surface area contributed by atoms with E-state index in [4.69, 9.17) is 4.74 Å². The van der Waals surface area contributed by atoms with Gasteiger partial charge in [-0.3, -0.25) is 0 Å². The first kappa shape index (κ1) is 24.0. The van der Waals surface area contributed by atoms with E-state index in [2.05, 4.69) is 23.6 Å². The summed E-state index contributed by atoms with van der Waals surface area (Å²) >= 11 is 1.19. The third-order valence-corrected chi connectivity index (χ3v) is 7.53. The largest absolute Gasteiger partial charge is 0.449 e. The Balaban J connectivity index is 1.95. The number of carbonyl (C=O) groups is 1. The van der Waals surface area contributed by atoms with Crippen LogP contribution in [0.25, 0.3) is 11.1 Å². The number of nitrogens with zero attached hydrogens (tertiary/aromatic N) is 2. The number of sulfonamides is 1. The van der Waals surface area contributed by atoms with Gasteiger partial charge in [0.15, 0.2) is 0 Å². The Morgan fingerprint density at radius 2 is 1.97 bits per heavy atom. The quantitative estimate of drug-likeness (QED) is 0.474. The lowest BCUT2D eigenvalue weighted by Gasteiger charge is -2.11. The Kier molecular flexibility index (Phi) is 7.73. The highest BCUT2D eigenvalue weighted by molar-refractivity contribution is 7.92. The summed E-state index contributed by atoms with van der Waals surface area (Å²) in [7, 11) is -4.09. The number of aromatic nitrogens is 2. The van der Waals surface area contributed by atoms with Gasteiger partial charge >= 0.3 is 6.09 Å². The molecule has 0 radical (unpaired) electrons. The zero-order valence-electron chi connectivity index (χ0n) is 18.7. The molecule has 0 atom stereocenters. The van der Waals surface area contributed by atoms with Gasteiger partial charge in [-0.2, -0.15) is 0 Å². The van der Waals surface area contributed by atoms with Crippen molar-refractivity contribution in [2.24, 2.45) is 11.8 Å². The van der Waals surface area contributed by atoms with Crippen molar-refractivity contribution in [3.05, 3.63) is 59.5 Å². The van der Waals surface area contributed by atoms with Crippen LogP contribution in [0.4, 0.5) is 4.79 Å². The van der Waals surface area contributed by atoms with Crippen molar-refractivity contribution in [3.8, 4) is 11.1 Å². The minimum absolute atomic E-state index is 0.108. The summed E-state index contributed by atoms with van der Waals surface area (Å²) in [5, 5.41) is 0. The highest BCUT2D eigenvalue weighted by Crippen LogP contribution is 2.36. The lowest BCUT2D eigenvalue weighted by Crippen LogP contribution is -2.31. The summed E-state index contributed by atoms with van der Waals surface area (Å²) < 4.78 is 35.4. The highest BCUT2D eigenvalue weighted by atomic mass is 32.2. The fourth-order valence-electron chi connectivity index (χ4n) is 3.18. The van der Waals surface area contributed by atoms with Crippen LogP contribution in [0.5, 0.6) is 0 Å². The van der Waals surface area contributed by atoms with Crippen molar-refractivity contribution in [1.82, 2.24) is 14.3 Å². The molecule has 0 aliphatic carbocycles. The minimum atomic E-state index is -4.09. The third kappa shape index (κ3) is 6.43. The summed E-state index contributed by atoms with van der Waals surface area (Å²) in [6, 6.07) is 9.66. The number of amides is 1. The van der Waals surface area contributed by atoms with E-state index in [1.54, 1.807) is 12.5 Å². The zero-order valence-corrected chi connectivity index (χ0v) is 20.4. The molecule has 3 rings (SSSR count). The van der Waals surface area contributed by atoms with Gasteiger partial charge in [-0.25, -0.2) is 22.9 Å². The van der Waals surface area contributed by atoms with E-state index in [9.17, 15) is 13.2 Å². The molecule has 32 heavy (non-hydrogen) atoms. The number of thiophene rings is 1. The molecule has 0 fully saturated rings. The third-order valence-electron chi connectivity index (χ3n) is 4.53. The van der Waals surface area contributed by atoms with Crippen molar-refractivity contribution < 1.29 is 17.9 Å². The second-order valence-electron chi connectivity index (χ2n) is 8.55. The molecule has 0 bridgehead atoms. The van der Waals surface area contributed by atoms with Gasteiger partial charge in [0.2, 0.25) is 0 Å². The average molecular weight is 476 g/mol. The van der Waals surface area contributed by atoms with Crippen molar-refractivity contribution in [3.63, 3.8) is 0 Å². The Labute approximate surface area is 193 Å². The fraction of sp³-hybridized carbons (Fsp3) is 0.391. The second-order valence-corrected chi connectivity index (χ2v) is 11.6. The van der Waals surface area contributed by atoms with Crippen LogP contribution < -0.4 is 4.72 Å². The molecule has 9 heteroatoms. The molecule has 2 aromatic heterocycles. The summed E-state index contributed by atoms with van der Waals surface area (Å²) in [4.78, 5) is 17.1. The smallest absolute Gasteiger partial charge is 0.421 e. The number of benzene rings is 1. The monoisotopic (exact) mass is 475 g/mol. The fourth-order valence-corrected chi connectivity index (χ4v) is 6.02. The zero-order chi connectivity index (χ0) is 23.3. The Bertz CT molecular complexity index is 1150. The van der Waals surface area contributed by atoms with Gasteiger partial charge in [0, 0.05) is 29.4 Å². The number of imidazole rings is 1. The molecule has 0 saturated carbocycles. The predicted octanol–water partition coefficient (Wildman–Crippen LogP) is 4.93. The van der Waals surface area contributed by atoms with Crippen molar-refractivity contribution >= 4 is 27.5 Å². The Morgan fingerprint density at radius 1 is 1.19 bits per heavy atom. The Morgan fingerprint density at radius 3 is 2.62 bits per heavy atom. The van der Waals surface area contributed by atoms with Crippen LogP contribution in [0.15, 0.2) is 53.3 Å². The molecule has 0 saturated heterocycles. The van der Waals surface area contributed by atoms with Crippen LogP contribution in [0.1, 0.15) is 38.1 Å². The van der Waals surface area contributed by atoms with Crippen LogP contribution in [0.2, 0.25) is 0 Å². The first-order chi connectivity index (χ1) is 15.1. The van der Waals surface area contributed by atoms with Crippen molar-refractivity contribution in [2.75, 3.05) is 6.61 Å². The molecule has 3 aromatic rings. The van der Waals surface area contributed by atoms with E-state index in [1.165, 1.54) is 11.3 Å². The molecule has 172 valence electrons. The Hall–Kier alpha value is -2.65. The molecule has 0 aliphatic heterocycles. The van der Waals surface area contributed by atoms with Crippen LogP contribution in [0, 0.1) is 11.8 Å². The first-order valence-electron chi connectivity index (χ1n) is 10.5. The van der Waals surface area contributed by atoms with Crippen LogP contribution >= 0.6 is 11.3 Å². The van der Waals surface area contributed by atoms with E-state index < -0.39 is 16.1 Å². The maximum atomic E-state index is 13.1. The summed E-state index contributed by atoms with van der Waals surface area (Å²) in [6.45, 7) is 8.70. The number of nitrogens with one attached hydrogen (secondary N) is 1. The maximum absolute atomic E-state index is 13.1. The van der Waals surface area contributed by atoms with Gasteiger partial charge in [-0.15, -0.1) is 11.3 Å². The van der Waals surface area contributed by atoms with E-state index in [0.717, 1.165) is 22.4 Å². The molecule has 1 N–H and O–H groups in total. The normalized spacial score (nSPS) is 11.8. The number of rotatable bonds is 9. The van der Waals surface area contributed by atoms with E-state index in [0.29, 0.717) is 18.0 Å². The molecule has 7 nitrogen and oxygen atoms in total. The van der Waals surface area contributed by atoms with E-state index in [1.807, 2.05) is 54.9 Å².